The van der Waals surface area contributed by atoms with Gasteiger partial charge in [0, 0.05) is 5.70 Å². The molecule has 0 saturated carbocycles. The van der Waals surface area contributed by atoms with Gasteiger partial charge in [-0.05, 0) is 32.1 Å². The lowest BCUT2D eigenvalue weighted by atomic mass is 10.2. The lowest BCUT2D eigenvalue weighted by Crippen LogP contribution is -1.98. The molecule has 1 rings (SSSR count). The number of phenolic OH excluding ortho intramolecular Hbond substituents is 1. The van der Waals surface area contributed by atoms with E-state index in [4.69, 9.17) is 0 Å². The van der Waals surface area contributed by atoms with Gasteiger partial charge in [0.05, 0.1) is 5.69 Å². The van der Waals surface area contributed by atoms with Crippen molar-refractivity contribution in [2.24, 2.45) is 0 Å². The van der Waals surface area contributed by atoms with E-state index < -0.39 is 0 Å². The fourth-order valence-electron chi connectivity index (χ4n) is 1.13. The van der Waals surface area contributed by atoms with Crippen LogP contribution in [0.3, 0.4) is 0 Å². The summed E-state index contributed by atoms with van der Waals surface area (Å²) in [6.07, 6.45) is 1.48. The largest absolute Gasteiger partial charge is 0.506 e. The van der Waals surface area contributed by atoms with Crippen LogP contribution in [0.4, 0.5) is 5.69 Å². The molecule has 1 aromatic carbocycles. The molecule has 74 valence electrons. The molecule has 0 amide bonds. The zero-order chi connectivity index (χ0) is 10.6. The zero-order valence-corrected chi connectivity index (χ0v) is 8.24. The van der Waals surface area contributed by atoms with Gasteiger partial charge in [0.15, 0.2) is 5.78 Å². The summed E-state index contributed by atoms with van der Waals surface area (Å²) in [4.78, 5) is 10.8. The summed E-state index contributed by atoms with van der Waals surface area (Å²) in [5, 5.41) is 12.4. The number of para-hydroxylation sites is 2. The molecule has 0 aliphatic rings. The Morgan fingerprint density at radius 1 is 1.36 bits per heavy atom. The first kappa shape index (κ1) is 10.3. The Balaban J connectivity index is 2.79. The fourth-order valence-corrected chi connectivity index (χ4v) is 1.13. The molecule has 0 spiro atoms. The van der Waals surface area contributed by atoms with E-state index in [9.17, 15) is 9.90 Å². The Morgan fingerprint density at radius 3 is 2.57 bits per heavy atom. The maximum absolute atomic E-state index is 10.8. The fraction of sp³-hybridized carbons (Fsp3) is 0.182. The maximum atomic E-state index is 10.8. The van der Waals surface area contributed by atoms with Gasteiger partial charge in [-0.2, -0.15) is 0 Å². The third-order valence-electron chi connectivity index (χ3n) is 1.66. The van der Waals surface area contributed by atoms with E-state index in [0.717, 1.165) is 0 Å². The number of rotatable bonds is 3. The summed E-state index contributed by atoms with van der Waals surface area (Å²) >= 11 is 0. The van der Waals surface area contributed by atoms with Crippen LogP contribution in [0.15, 0.2) is 36.0 Å². The van der Waals surface area contributed by atoms with Gasteiger partial charge in [0.1, 0.15) is 5.75 Å². The SMILES string of the molecule is CC(=O)C=C(C)Nc1ccccc1O. The average molecular weight is 191 g/mol. The second-order valence-corrected chi connectivity index (χ2v) is 3.08. The van der Waals surface area contributed by atoms with E-state index in [1.807, 2.05) is 6.07 Å². The summed E-state index contributed by atoms with van der Waals surface area (Å²) in [5.74, 6) is 0.147. The summed E-state index contributed by atoms with van der Waals surface area (Å²) in [6.45, 7) is 3.25. The van der Waals surface area contributed by atoms with Crippen LogP contribution in [-0.4, -0.2) is 10.9 Å². The minimum Gasteiger partial charge on any atom is -0.506 e. The third-order valence-corrected chi connectivity index (χ3v) is 1.66. The molecule has 0 atom stereocenters. The van der Waals surface area contributed by atoms with E-state index in [0.29, 0.717) is 11.4 Å². The number of ketones is 1. The lowest BCUT2D eigenvalue weighted by Gasteiger charge is -2.07. The van der Waals surface area contributed by atoms with Crippen molar-refractivity contribution in [2.45, 2.75) is 13.8 Å². The second-order valence-electron chi connectivity index (χ2n) is 3.08. The van der Waals surface area contributed by atoms with Crippen molar-refractivity contribution < 1.29 is 9.90 Å². The van der Waals surface area contributed by atoms with Crippen LogP contribution in [0.5, 0.6) is 5.75 Å². The van der Waals surface area contributed by atoms with E-state index in [2.05, 4.69) is 5.32 Å². The predicted octanol–water partition coefficient (Wildman–Crippen LogP) is 2.30. The molecule has 0 radical (unpaired) electrons. The number of aromatic hydroxyl groups is 1. The van der Waals surface area contributed by atoms with Crippen LogP contribution in [-0.2, 0) is 4.79 Å². The zero-order valence-electron chi connectivity index (χ0n) is 8.24. The van der Waals surface area contributed by atoms with Crippen LogP contribution in [0, 0.1) is 0 Å². The Hall–Kier alpha value is -1.77. The van der Waals surface area contributed by atoms with Gasteiger partial charge in [-0.3, -0.25) is 4.79 Å². The molecule has 1 aromatic rings. The molecular formula is C11H13NO2. The van der Waals surface area contributed by atoms with Crippen molar-refractivity contribution in [3.05, 3.63) is 36.0 Å². The van der Waals surface area contributed by atoms with Crippen molar-refractivity contribution in [2.75, 3.05) is 5.32 Å². The normalized spacial score (nSPS) is 11.1. The molecule has 0 aliphatic carbocycles. The maximum Gasteiger partial charge on any atom is 0.154 e. The molecule has 14 heavy (non-hydrogen) atoms. The summed E-state index contributed by atoms with van der Waals surface area (Å²) in [6, 6.07) is 6.88. The number of hydrogen-bond donors (Lipinski definition) is 2. The summed E-state index contributed by atoms with van der Waals surface area (Å²) in [7, 11) is 0. The van der Waals surface area contributed by atoms with Gasteiger partial charge in [-0.25, -0.2) is 0 Å². The van der Waals surface area contributed by atoms with E-state index in [1.165, 1.54) is 13.0 Å². The molecule has 0 aromatic heterocycles. The molecule has 0 fully saturated rings. The van der Waals surface area contributed by atoms with E-state index in [-0.39, 0.29) is 11.5 Å². The number of hydrogen-bond acceptors (Lipinski definition) is 3. The molecule has 0 heterocycles. The Labute approximate surface area is 83.1 Å². The topological polar surface area (TPSA) is 49.3 Å². The standard InChI is InChI=1S/C11H13NO2/c1-8(7-9(2)13)12-10-5-3-4-6-11(10)14/h3-7,12,14H,1-2H3. The monoisotopic (exact) mass is 191 g/mol. The molecule has 0 unspecified atom stereocenters. The van der Waals surface area contributed by atoms with Gasteiger partial charge >= 0.3 is 0 Å². The van der Waals surface area contributed by atoms with Crippen molar-refractivity contribution in [1.82, 2.24) is 0 Å². The van der Waals surface area contributed by atoms with Crippen LogP contribution in [0.1, 0.15) is 13.8 Å². The van der Waals surface area contributed by atoms with Crippen molar-refractivity contribution >= 4 is 11.5 Å². The Morgan fingerprint density at radius 2 is 2.00 bits per heavy atom. The summed E-state index contributed by atoms with van der Waals surface area (Å²) in [5.41, 5.74) is 1.31. The number of carbonyl (C=O) groups is 1. The highest BCUT2D eigenvalue weighted by atomic mass is 16.3. The van der Waals surface area contributed by atoms with Crippen molar-refractivity contribution in [3.8, 4) is 5.75 Å². The lowest BCUT2D eigenvalue weighted by molar-refractivity contribution is -0.112. The van der Waals surface area contributed by atoms with E-state index >= 15 is 0 Å². The van der Waals surface area contributed by atoms with Crippen LogP contribution < -0.4 is 5.32 Å². The minimum absolute atomic E-state index is 0.0228. The van der Waals surface area contributed by atoms with Gasteiger partial charge in [0.25, 0.3) is 0 Å². The number of nitrogens with one attached hydrogen (secondary N) is 1. The number of carbonyl (C=O) groups excluding carboxylic acids is 1. The van der Waals surface area contributed by atoms with Crippen LogP contribution in [0.25, 0.3) is 0 Å². The highest BCUT2D eigenvalue weighted by Crippen LogP contribution is 2.22. The number of allylic oxidation sites excluding steroid dienone is 2. The highest BCUT2D eigenvalue weighted by Gasteiger charge is 1.98. The third kappa shape index (κ3) is 2.94. The molecule has 0 saturated heterocycles. The first-order valence-corrected chi connectivity index (χ1v) is 4.33. The predicted molar refractivity (Wildman–Crippen MR) is 56.2 cm³/mol. The van der Waals surface area contributed by atoms with Crippen LogP contribution >= 0.6 is 0 Å². The number of anilines is 1. The van der Waals surface area contributed by atoms with Crippen molar-refractivity contribution in [1.29, 1.82) is 0 Å². The van der Waals surface area contributed by atoms with Gasteiger partial charge in [0.2, 0.25) is 0 Å². The van der Waals surface area contributed by atoms with Gasteiger partial charge in [-0.1, -0.05) is 12.1 Å². The quantitative estimate of drug-likeness (QED) is 0.569. The first-order valence-electron chi connectivity index (χ1n) is 4.33. The molecule has 0 aliphatic heterocycles. The molecular weight excluding hydrogens is 178 g/mol. The average Bonchev–Trinajstić information content (AvgIpc) is 2.07. The number of phenols is 1. The summed E-state index contributed by atoms with van der Waals surface area (Å²) < 4.78 is 0. The number of benzene rings is 1. The molecule has 3 nitrogen and oxygen atoms in total. The highest BCUT2D eigenvalue weighted by molar-refractivity contribution is 5.88. The van der Waals surface area contributed by atoms with Crippen LogP contribution in [0.2, 0.25) is 0 Å². The second kappa shape index (κ2) is 4.46. The molecule has 2 N–H and O–H groups in total. The Bertz CT molecular complexity index is 369. The molecule has 0 bridgehead atoms. The first-order chi connectivity index (χ1) is 6.59. The Kier molecular flexibility index (Phi) is 3.29. The van der Waals surface area contributed by atoms with E-state index in [1.54, 1.807) is 25.1 Å². The van der Waals surface area contributed by atoms with Crippen molar-refractivity contribution in [3.63, 3.8) is 0 Å². The minimum atomic E-state index is -0.0228. The van der Waals surface area contributed by atoms with Gasteiger partial charge < -0.3 is 10.4 Å². The smallest absolute Gasteiger partial charge is 0.154 e. The van der Waals surface area contributed by atoms with Gasteiger partial charge in [-0.15, -0.1) is 0 Å². The molecule has 3 heteroatoms.